The van der Waals surface area contributed by atoms with Crippen LogP contribution in [0.25, 0.3) is 22.2 Å². The van der Waals surface area contributed by atoms with E-state index in [1.165, 1.54) is 12.1 Å². The Morgan fingerprint density at radius 2 is 2.00 bits per heavy atom. The highest BCUT2D eigenvalue weighted by Crippen LogP contribution is 2.50. The summed E-state index contributed by atoms with van der Waals surface area (Å²) in [5, 5.41) is 11.0. The number of anilines is 2. The smallest absolute Gasteiger partial charge is 0.319 e. The van der Waals surface area contributed by atoms with Gasteiger partial charge in [-0.25, -0.2) is 23.1 Å². The van der Waals surface area contributed by atoms with Crippen molar-refractivity contribution in [2.75, 3.05) is 43.5 Å². The van der Waals surface area contributed by atoms with Gasteiger partial charge in [0.1, 0.15) is 47.2 Å². The minimum atomic E-state index is -2.46. The number of phenols is 1. The Labute approximate surface area is 262 Å². The summed E-state index contributed by atoms with van der Waals surface area (Å²) in [6, 6.07) is 5.82. The molecule has 4 aromatic rings. The Bertz CT molecular complexity index is 1780. The fourth-order valence-corrected chi connectivity index (χ4v) is 6.56. The molecule has 2 atom stereocenters. The van der Waals surface area contributed by atoms with Crippen molar-refractivity contribution < 1.29 is 27.8 Å². The van der Waals surface area contributed by atoms with Gasteiger partial charge < -0.3 is 25.2 Å². The molecule has 0 bridgehead atoms. The summed E-state index contributed by atoms with van der Waals surface area (Å²) < 4.78 is 54.9. The molecule has 3 aliphatic rings. The molecule has 1 aromatic carbocycles. The summed E-state index contributed by atoms with van der Waals surface area (Å²) in [4.78, 5) is 21.6. The number of pyridine rings is 2. The second kappa shape index (κ2) is 11.7. The lowest BCUT2D eigenvalue weighted by molar-refractivity contribution is -0.00331. The highest BCUT2D eigenvalue weighted by molar-refractivity contribution is 6.32. The van der Waals surface area contributed by atoms with E-state index < -0.39 is 12.2 Å². The molecule has 0 amide bonds. The topological polar surface area (TPSA) is 123 Å². The van der Waals surface area contributed by atoms with Crippen molar-refractivity contribution in [3.05, 3.63) is 52.4 Å². The van der Waals surface area contributed by atoms with Crippen molar-refractivity contribution in [1.82, 2.24) is 24.8 Å². The molecule has 45 heavy (non-hydrogen) atoms. The van der Waals surface area contributed by atoms with Crippen molar-refractivity contribution in [1.29, 1.82) is 0 Å². The van der Waals surface area contributed by atoms with E-state index in [1.54, 1.807) is 17.2 Å². The van der Waals surface area contributed by atoms with Gasteiger partial charge in [0.15, 0.2) is 5.82 Å². The largest absolute Gasteiger partial charge is 0.508 e. The number of aromatic hydroxyl groups is 1. The fourth-order valence-electron chi connectivity index (χ4n) is 6.19. The minimum absolute atomic E-state index is 0.0552. The number of likely N-dealkylation sites (tertiary alicyclic amines) is 1. The van der Waals surface area contributed by atoms with Gasteiger partial charge in [-0.3, -0.25) is 4.90 Å². The molecule has 0 radical (unpaired) electrons. The van der Waals surface area contributed by atoms with Crippen molar-refractivity contribution in [2.45, 2.75) is 50.6 Å². The summed E-state index contributed by atoms with van der Waals surface area (Å²) in [6.07, 6.45) is 1.59. The molecule has 1 saturated carbocycles. The van der Waals surface area contributed by atoms with Crippen molar-refractivity contribution >= 4 is 34.1 Å². The van der Waals surface area contributed by atoms with E-state index >= 15 is 4.39 Å². The lowest BCUT2D eigenvalue weighted by Crippen LogP contribution is -2.52. The number of nitrogens with zero attached hydrogens (tertiary/aromatic N) is 6. The van der Waals surface area contributed by atoms with Crippen LogP contribution in [0, 0.1) is 5.82 Å². The van der Waals surface area contributed by atoms with Gasteiger partial charge in [0.05, 0.1) is 19.1 Å². The van der Waals surface area contributed by atoms with Gasteiger partial charge in [-0.05, 0) is 55.9 Å². The lowest BCUT2D eigenvalue weighted by Gasteiger charge is -2.40. The molecular weight excluding hydrogens is 611 g/mol. The maximum Gasteiger partial charge on any atom is 0.319 e. The summed E-state index contributed by atoms with van der Waals surface area (Å²) in [6.45, 7) is 2.70. The van der Waals surface area contributed by atoms with Crippen molar-refractivity contribution in [2.24, 2.45) is 0 Å². The van der Waals surface area contributed by atoms with Gasteiger partial charge in [0, 0.05) is 34.9 Å². The van der Waals surface area contributed by atoms with E-state index in [0.717, 1.165) is 18.4 Å². The van der Waals surface area contributed by atoms with Gasteiger partial charge in [-0.1, -0.05) is 17.7 Å². The third-order valence-electron chi connectivity index (χ3n) is 8.74. The van der Waals surface area contributed by atoms with Crippen LogP contribution in [0.2, 0.25) is 5.02 Å². The molecule has 3 N–H and O–H groups in total. The second-order valence-corrected chi connectivity index (χ2v) is 12.0. The first kappa shape index (κ1) is 29.6. The molecule has 2 aliphatic heterocycles. The number of aromatic nitrogens is 4. The standard InChI is InChI=1S/C31H31ClF3N7O3/c1-15(19-3-2-7-37-28(19)36)42-9-10-44-30-24-27(39-31(40-29(24)42)45-14-17-6-8-41(17)13-22(33)34)25(35)26(38-30)20-11-18(43)12-21(32)23(20)16-4-5-16/h2-3,7,11-12,15-17,22,43H,4-6,8-10,13-14H2,1H3,(H2,36,37)/t15-,17+/m1/s1. The average Bonchev–Trinajstić information content (AvgIpc) is 3.84. The SMILES string of the molecule is C[C@H](c1cccnc1N)N1CCOc2nc(-c3cc(O)cc(Cl)c3C3CC3)c(F)c3nc(OC[C@@H]4CCN4CC(F)F)nc1c23. The number of alkyl halides is 2. The molecule has 5 heterocycles. The number of halogens is 4. The zero-order valence-corrected chi connectivity index (χ0v) is 25.1. The number of ether oxygens (including phenoxy) is 2. The molecule has 2 fully saturated rings. The molecule has 1 aliphatic carbocycles. The predicted octanol–water partition coefficient (Wildman–Crippen LogP) is 5.72. The minimum Gasteiger partial charge on any atom is -0.508 e. The molecule has 10 nitrogen and oxygen atoms in total. The van der Waals surface area contributed by atoms with Gasteiger partial charge in [-0.15, -0.1) is 0 Å². The number of nitrogens with two attached hydrogens (primary N) is 1. The Hall–Kier alpha value is -4.10. The number of hydrogen-bond donors (Lipinski definition) is 2. The number of phenolic OH excluding ortho intramolecular Hbond substituents is 1. The van der Waals surface area contributed by atoms with E-state index in [9.17, 15) is 13.9 Å². The first-order valence-electron chi connectivity index (χ1n) is 14.9. The number of benzene rings is 1. The van der Waals surface area contributed by atoms with Crippen LogP contribution >= 0.6 is 11.6 Å². The van der Waals surface area contributed by atoms with Gasteiger partial charge in [0.2, 0.25) is 5.88 Å². The molecule has 0 spiro atoms. The van der Waals surface area contributed by atoms with E-state index in [4.69, 9.17) is 31.8 Å². The van der Waals surface area contributed by atoms with Crippen LogP contribution in [-0.2, 0) is 0 Å². The highest BCUT2D eigenvalue weighted by Gasteiger charge is 2.35. The van der Waals surface area contributed by atoms with Crippen molar-refractivity contribution in [3.63, 3.8) is 0 Å². The summed E-state index contributed by atoms with van der Waals surface area (Å²) in [5.41, 5.74) is 7.88. The Kier molecular flexibility index (Phi) is 7.68. The van der Waals surface area contributed by atoms with E-state index in [1.807, 2.05) is 17.9 Å². The first-order valence-corrected chi connectivity index (χ1v) is 15.3. The second-order valence-electron chi connectivity index (χ2n) is 11.6. The summed E-state index contributed by atoms with van der Waals surface area (Å²) in [7, 11) is 0. The normalized spacial score (nSPS) is 18.9. The number of hydrogen-bond acceptors (Lipinski definition) is 10. The zero-order chi connectivity index (χ0) is 31.4. The molecule has 1 saturated heterocycles. The van der Waals surface area contributed by atoms with E-state index in [2.05, 4.69) is 15.0 Å². The van der Waals surface area contributed by atoms with Crippen molar-refractivity contribution in [3.8, 4) is 28.9 Å². The monoisotopic (exact) mass is 641 g/mol. The summed E-state index contributed by atoms with van der Waals surface area (Å²) in [5.74, 6) is 0.0282. The number of rotatable bonds is 9. The quantitative estimate of drug-likeness (QED) is 0.234. The van der Waals surface area contributed by atoms with Gasteiger partial charge in [0.25, 0.3) is 6.43 Å². The van der Waals surface area contributed by atoms with Crippen LogP contribution in [0.5, 0.6) is 17.6 Å². The molecular formula is C31H31ClF3N7O3. The Morgan fingerprint density at radius 1 is 1.18 bits per heavy atom. The molecule has 236 valence electrons. The Balaban J connectivity index is 1.38. The van der Waals surface area contributed by atoms with Crippen LogP contribution in [0.4, 0.5) is 24.8 Å². The molecule has 7 rings (SSSR count). The summed E-state index contributed by atoms with van der Waals surface area (Å²) >= 11 is 6.55. The molecule has 14 heteroatoms. The lowest BCUT2D eigenvalue weighted by atomic mass is 9.98. The fraction of sp³-hybridized carbons (Fsp3) is 0.419. The molecule has 3 aromatic heterocycles. The average molecular weight is 642 g/mol. The third kappa shape index (κ3) is 5.52. The van der Waals surface area contributed by atoms with E-state index in [0.29, 0.717) is 47.3 Å². The maximum atomic E-state index is 16.8. The van der Waals surface area contributed by atoms with Crippen LogP contribution in [0.1, 0.15) is 49.3 Å². The Morgan fingerprint density at radius 3 is 2.71 bits per heavy atom. The van der Waals surface area contributed by atoms with Gasteiger partial charge in [-0.2, -0.15) is 9.97 Å². The van der Waals surface area contributed by atoms with Crippen LogP contribution in [0.15, 0.2) is 30.5 Å². The van der Waals surface area contributed by atoms with E-state index in [-0.39, 0.29) is 72.0 Å². The van der Waals surface area contributed by atoms with Crippen LogP contribution in [-0.4, -0.2) is 75.3 Å². The number of nitrogen functional groups attached to an aromatic ring is 1. The first-order chi connectivity index (χ1) is 21.7. The van der Waals surface area contributed by atoms with Gasteiger partial charge >= 0.3 is 6.01 Å². The predicted molar refractivity (Wildman–Crippen MR) is 163 cm³/mol. The van der Waals surface area contributed by atoms with Crippen LogP contribution in [0.3, 0.4) is 0 Å². The van der Waals surface area contributed by atoms with Crippen LogP contribution < -0.4 is 20.1 Å². The molecule has 0 unspecified atom stereocenters. The third-order valence-corrected chi connectivity index (χ3v) is 9.06. The highest BCUT2D eigenvalue weighted by atomic mass is 35.5. The zero-order valence-electron chi connectivity index (χ0n) is 24.4. The maximum absolute atomic E-state index is 16.8.